The van der Waals surface area contributed by atoms with Crippen LogP contribution in [0.3, 0.4) is 0 Å². The lowest BCUT2D eigenvalue weighted by Crippen LogP contribution is -2.35. The second kappa shape index (κ2) is 10.5. The third-order valence-corrected chi connectivity index (χ3v) is 5.51. The number of aryl methyl sites for hydroxylation is 1. The second-order valence-corrected chi connectivity index (χ2v) is 8.47. The molecule has 3 rings (SSSR count). The first-order chi connectivity index (χ1) is 14.9. The maximum Gasteiger partial charge on any atom is 0.242 e. The minimum Gasteiger partial charge on any atom is -0.485 e. The lowest BCUT2D eigenvalue weighted by Gasteiger charge is -2.22. The first kappa shape index (κ1) is 22.9. The van der Waals surface area contributed by atoms with Crippen molar-refractivity contribution in [3.05, 3.63) is 59.4 Å². The van der Waals surface area contributed by atoms with E-state index in [2.05, 4.69) is 52.8 Å². The van der Waals surface area contributed by atoms with Crippen LogP contribution in [0, 0.1) is 6.92 Å². The van der Waals surface area contributed by atoms with Gasteiger partial charge in [-0.05, 0) is 55.0 Å². The molecule has 1 aromatic heterocycles. The summed E-state index contributed by atoms with van der Waals surface area (Å²) in [7, 11) is 0. The van der Waals surface area contributed by atoms with Crippen LogP contribution in [-0.2, 0) is 17.9 Å². The molecule has 1 amide bonds. The van der Waals surface area contributed by atoms with Crippen molar-refractivity contribution >= 4 is 16.9 Å². The van der Waals surface area contributed by atoms with Gasteiger partial charge >= 0.3 is 0 Å². The Morgan fingerprint density at radius 3 is 2.48 bits per heavy atom. The predicted octanol–water partition coefficient (Wildman–Crippen LogP) is 5.70. The van der Waals surface area contributed by atoms with Crippen LogP contribution >= 0.6 is 0 Å². The van der Waals surface area contributed by atoms with Crippen LogP contribution in [0.4, 0.5) is 0 Å². The molecule has 0 saturated carbocycles. The van der Waals surface area contributed by atoms with Crippen LogP contribution in [0.2, 0.25) is 0 Å². The van der Waals surface area contributed by atoms with Crippen molar-refractivity contribution in [2.75, 3.05) is 13.1 Å². The summed E-state index contributed by atoms with van der Waals surface area (Å²) in [6.45, 7) is 12.8. The Hall–Kier alpha value is -2.82. The molecule has 166 valence electrons. The van der Waals surface area contributed by atoms with Gasteiger partial charge in [-0.25, -0.2) is 4.98 Å². The molecule has 0 unspecified atom stereocenters. The SMILES string of the molecule is CCCN(CCC)C(=O)Cn1c(COc2cc(C)ccc2C(C)C)nc2ccccc21. The summed E-state index contributed by atoms with van der Waals surface area (Å²) < 4.78 is 8.28. The van der Waals surface area contributed by atoms with E-state index in [1.807, 2.05) is 33.7 Å². The van der Waals surface area contributed by atoms with Crippen molar-refractivity contribution in [3.63, 3.8) is 0 Å². The first-order valence-corrected chi connectivity index (χ1v) is 11.4. The lowest BCUT2D eigenvalue weighted by atomic mass is 10.0. The monoisotopic (exact) mass is 421 g/mol. The van der Waals surface area contributed by atoms with Crippen molar-refractivity contribution in [1.82, 2.24) is 14.5 Å². The average molecular weight is 422 g/mol. The number of para-hydroxylation sites is 2. The summed E-state index contributed by atoms with van der Waals surface area (Å²) in [4.78, 5) is 19.8. The number of imidazole rings is 1. The molecule has 0 N–H and O–H groups in total. The van der Waals surface area contributed by atoms with E-state index in [9.17, 15) is 4.79 Å². The topological polar surface area (TPSA) is 47.4 Å². The number of benzene rings is 2. The van der Waals surface area contributed by atoms with Gasteiger partial charge in [-0.2, -0.15) is 0 Å². The number of amides is 1. The van der Waals surface area contributed by atoms with Crippen LogP contribution in [0.25, 0.3) is 11.0 Å². The molecule has 2 aromatic carbocycles. The van der Waals surface area contributed by atoms with Gasteiger partial charge in [0.25, 0.3) is 0 Å². The van der Waals surface area contributed by atoms with Gasteiger partial charge in [0.1, 0.15) is 24.7 Å². The van der Waals surface area contributed by atoms with Gasteiger partial charge in [-0.1, -0.05) is 52.0 Å². The highest BCUT2D eigenvalue weighted by Crippen LogP contribution is 2.28. The fourth-order valence-corrected chi connectivity index (χ4v) is 3.93. The normalized spacial score (nSPS) is 11.3. The van der Waals surface area contributed by atoms with E-state index in [0.29, 0.717) is 12.5 Å². The number of rotatable bonds is 10. The largest absolute Gasteiger partial charge is 0.485 e. The average Bonchev–Trinajstić information content (AvgIpc) is 3.09. The fourth-order valence-electron chi connectivity index (χ4n) is 3.93. The Kier molecular flexibility index (Phi) is 7.72. The highest BCUT2D eigenvalue weighted by Gasteiger charge is 2.18. The molecule has 0 fully saturated rings. The van der Waals surface area contributed by atoms with Crippen molar-refractivity contribution in [2.24, 2.45) is 0 Å². The molecule has 0 saturated heterocycles. The molecule has 5 heteroatoms. The third kappa shape index (κ3) is 5.46. The molecule has 31 heavy (non-hydrogen) atoms. The Morgan fingerprint density at radius 2 is 1.81 bits per heavy atom. The predicted molar refractivity (Wildman–Crippen MR) is 126 cm³/mol. The van der Waals surface area contributed by atoms with Crippen molar-refractivity contribution in [3.8, 4) is 5.75 Å². The van der Waals surface area contributed by atoms with Crippen LogP contribution < -0.4 is 4.74 Å². The smallest absolute Gasteiger partial charge is 0.242 e. The zero-order valence-corrected chi connectivity index (χ0v) is 19.5. The molecule has 5 nitrogen and oxygen atoms in total. The minimum absolute atomic E-state index is 0.131. The molecule has 0 bridgehead atoms. The van der Waals surface area contributed by atoms with Gasteiger partial charge in [0.2, 0.25) is 5.91 Å². The van der Waals surface area contributed by atoms with Gasteiger partial charge in [-0.3, -0.25) is 4.79 Å². The quantitative estimate of drug-likeness (QED) is 0.422. The number of ether oxygens (including phenoxy) is 1. The molecule has 0 radical (unpaired) electrons. The van der Waals surface area contributed by atoms with Crippen molar-refractivity contribution in [2.45, 2.75) is 66.5 Å². The standard InChI is InChI=1S/C26H35N3O2/c1-6-14-28(15-7-2)26(30)17-29-23-11-9-8-10-22(23)27-25(29)18-31-24-16-20(5)12-13-21(24)19(3)4/h8-13,16,19H,6-7,14-15,17-18H2,1-5H3. The van der Waals surface area contributed by atoms with E-state index < -0.39 is 0 Å². The van der Waals surface area contributed by atoms with Gasteiger partial charge < -0.3 is 14.2 Å². The molecule has 0 atom stereocenters. The summed E-state index contributed by atoms with van der Waals surface area (Å²) in [5.41, 5.74) is 4.20. The van der Waals surface area contributed by atoms with E-state index >= 15 is 0 Å². The number of carbonyl (C=O) groups excluding carboxylic acids is 1. The Balaban J connectivity index is 1.90. The first-order valence-electron chi connectivity index (χ1n) is 11.4. The highest BCUT2D eigenvalue weighted by molar-refractivity contribution is 5.81. The lowest BCUT2D eigenvalue weighted by molar-refractivity contribution is -0.131. The van der Waals surface area contributed by atoms with E-state index in [-0.39, 0.29) is 12.5 Å². The summed E-state index contributed by atoms with van der Waals surface area (Å²) in [6, 6.07) is 14.3. The molecular formula is C26H35N3O2. The van der Waals surface area contributed by atoms with Gasteiger partial charge in [0.05, 0.1) is 11.0 Å². The zero-order chi connectivity index (χ0) is 22.4. The highest BCUT2D eigenvalue weighted by atomic mass is 16.5. The molecule has 1 heterocycles. The van der Waals surface area contributed by atoms with Crippen molar-refractivity contribution in [1.29, 1.82) is 0 Å². The summed E-state index contributed by atoms with van der Waals surface area (Å²) in [6.07, 6.45) is 1.91. The van der Waals surface area contributed by atoms with Crippen LogP contribution in [0.15, 0.2) is 42.5 Å². The van der Waals surface area contributed by atoms with Gasteiger partial charge in [0, 0.05) is 13.1 Å². The Bertz CT molecular complexity index is 1020. The summed E-state index contributed by atoms with van der Waals surface area (Å²) in [5.74, 6) is 2.16. The third-order valence-electron chi connectivity index (χ3n) is 5.51. The van der Waals surface area contributed by atoms with E-state index in [4.69, 9.17) is 9.72 Å². The molecule has 0 aliphatic rings. The number of hydrogen-bond acceptors (Lipinski definition) is 3. The molecule has 0 aliphatic carbocycles. The van der Waals surface area contributed by atoms with Crippen LogP contribution in [-0.4, -0.2) is 33.4 Å². The summed E-state index contributed by atoms with van der Waals surface area (Å²) >= 11 is 0. The van der Waals surface area contributed by atoms with Gasteiger partial charge in [-0.15, -0.1) is 0 Å². The maximum absolute atomic E-state index is 13.1. The molecule has 3 aromatic rings. The fraction of sp³-hybridized carbons (Fsp3) is 0.462. The molecular weight excluding hydrogens is 386 g/mol. The molecule has 0 aliphatic heterocycles. The van der Waals surface area contributed by atoms with Crippen LogP contribution in [0.1, 0.15) is 63.4 Å². The number of hydrogen-bond donors (Lipinski definition) is 0. The summed E-state index contributed by atoms with van der Waals surface area (Å²) in [5, 5.41) is 0. The molecule has 0 spiro atoms. The number of aromatic nitrogens is 2. The Labute approximate surface area is 186 Å². The van der Waals surface area contributed by atoms with E-state index in [1.165, 1.54) is 5.56 Å². The number of fused-ring (bicyclic) bond motifs is 1. The van der Waals surface area contributed by atoms with E-state index in [0.717, 1.165) is 54.1 Å². The van der Waals surface area contributed by atoms with Gasteiger partial charge in [0.15, 0.2) is 0 Å². The van der Waals surface area contributed by atoms with Crippen molar-refractivity contribution < 1.29 is 9.53 Å². The van der Waals surface area contributed by atoms with Crippen LogP contribution in [0.5, 0.6) is 5.75 Å². The van der Waals surface area contributed by atoms with E-state index in [1.54, 1.807) is 0 Å². The maximum atomic E-state index is 13.1. The zero-order valence-electron chi connectivity index (χ0n) is 19.5. The minimum atomic E-state index is 0.131. The second-order valence-electron chi connectivity index (χ2n) is 8.47. The number of nitrogens with zero attached hydrogens (tertiary/aromatic N) is 3. The Morgan fingerprint density at radius 1 is 1.10 bits per heavy atom. The number of carbonyl (C=O) groups is 1.